The van der Waals surface area contributed by atoms with Gasteiger partial charge in [-0.05, 0) is 31.1 Å². The van der Waals surface area contributed by atoms with Crippen molar-refractivity contribution in [2.24, 2.45) is 4.99 Å². The fraction of sp³-hybridized carbons (Fsp3) is 0.231. The lowest BCUT2D eigenvalue weighted by Gasteiger charge is -1.97. The van der Waals surface area contributed by atoms with E-state index in [0.717, 1.165) is 17.6 Å². The van der Waals surface area contributed by atoms with Gasteiger partial charge in [-0.2, -0.15) is 0 Å². The Kier molecular flexibility index (Phi) is 2.86. The molecule has 0 aliphatic carbocycles. The highest BCUT2D eigenvalue weighted by Crippen LogP contribution is 2.20. The molecule has 0 aromatic heterocycles. The normalized spacial score (nSPS) is 18.1. The second-order valence-corrected chi connectivity index (χ2v) is 3.65. The van der Waals surface area contributed by atoms with Crippen LogP contribution in [-0.4, -0.2) is 11.9 Å². The Hall–Kier alpha value is -1.90. The van der Waals surface area contributed by atoms with Gasteiger partial charge in [-0.25, -0.2) is 9.79 Å². The monoisotopic (exact) mass is 215 g/mol. The van der Waals surface area contributed by atoms with Crippen LogP contribution in [0.2, 0.25) is 0 Å². The van der Waals surface area contributed by atoms with Gasteiger partial charge in [0.15, 0.2) is 5.70 Å². The third kappa shape index (κ3) is 1.89. The number of carbonyl (C=O) groups is 1. The molecule has 0 amide bonds. The Labute approximate surface area is 94.5 Å². The quantitative estimate of drug-likeness (QED) is 0.562. The molecule has 0 fully saturated rings. The van der Waals surface area contributed by atoms with E-state index in [1.807, 2.05) is 44.2 Å². The summed E-state index contributed by atoms with van der Waals surface area (Å²) in [5.41, 5.74) is 2.23. The van der Waals surface area contributed by atoms with E-state index < -0.39 is 0 Å². The zero-order valence-electron chi connectivity index (χ0n) is 9.36. The van der Waals surface area contributed by atoms with Gasteiger partial charge in [0.25, 0.3) is 0 Å². The van der Waals surface area contributed by atoms with E-state index in [9.17, 15) is 4.79 Å². The molecule has 1 aliphatic heterocycles. The average molecular weight is 215 g/mol. The number of rotatable bonds is 2. The topological polar surface area (TPSA) is 38.7 Å². The molecule has 1 aromatic rings. The third-order valence-electron chi connectivity index (χ3n) is 2.55. The van der Waals surface area contributed by atoms with Crippen molar-refractivity contribution in [2.75, 3.05) is 0 Å². The SMILES string of the molecule is CC/C(C)=C1\N=C(c2ccccc2)OC1=O. The van der Waals surface area contributed by atoms with E-state index in [2.05, 4.69) is 4.99 Å². The number of allylic oxidation sites excluding steroid dienone is 1. The van der Waals surface area contributed by atoms with Crippen LogP contribution in [0, 0.1) is 0 Å². The minimum absolute atomic E-state index is 0.349. The number of aliphatic imine (C=N–C) groups is 1. The summed E-state index contributed by atoms with van der Waals surface area (Å²) in [4.78, 5) is 15.8. The van der Waals surface area contributed by atoms with Gasteiger partial charge in [0.2, 0.25) is 5.90 Å². The van der Waals surface area contributed by atoms with Crippen LogP contribution in [-0.2, 0) is 9.53 Å². The molecule has 0 N–H and O–H groups in total. The van der Waals surface area contributed by atoms with Crippen molar-refractivity contribution in [3.05, 3.63) is 47.2 Å². The standard InChI is InChI=1S/C13H13NO2/c1-3-9(2)11-13(15)16-12(14-11)10-7-5-4-6-8-10/h4-8H,3H2,1-2H3/b11-9-. The van der Waals surface area contributed by atoms with Crippen LogP contribution in [0.3, 0.4) is 0 Å². The number of ether oxygens (including phenoxy) is 1. The number of carbonyl (C=O) groups excluding carboxylic acids is 1. The molecular formula is C13H13NO2. The van der Waals surface area contributed by atoms with E-state index in [4.69, 9.17) is 4.74 Å². The molecule has 0 radical (unpaired) electrons. The second kappa shape index (κ2) is 4.31. The Morgan fingerprint density at radius 2 is 2.00 bits per heavy atom. The van der Waals surface area contributed by atoms with Crippen LogP contribution in [0.4, 0.5) is 0 Å². The summed E-state index contributed by atoms with van der Waals surface area (Å²) < 4.78 is 5.14. The Morgan fingerprint density at radius 1 is 1.31 bits per heavy atom. The van der Waals surface area contributed by atoms with Crippen LogP contribution in [0.15, 0.2) is 46.6 Å². The fourth-order valence-electron chi connectivity index (χ4n) is 1.45. The summed E-state index contributed by atoms with van der Waals surface area (Å²) in [5.74, 6) is 0.0478. The molecule has 2 rings (SSSR count). The lowest BCUT2D eigenvalue weighted by Crippen LogP contribution is -2.05. The van der Waals surface area contributed by atoms with Crippen LogP contribution in [0.5, 0.6) is 0 Å². The minimum atomic E-state index is -0.349. The zero-order chi connectivity index (χ0) is 11.5. The largest absolute Gasteiger partial charge is 0.402 e. The van der Waals surface area contributed by atoms with Crippen molar-refractivity contribution >= 4 is 11.9 Å². The first-order valence-electron chi connectivity index (χ1n) is 5.28. The summed E-state index contributed by atoms with van der Waals surface area (Å²) >= 11 is 0. The van der Waals surface area contributed by atoms with Gasteiger partial charge in [0, 0.05) is 5.56 Å². The maximum absolute atomic E-state index is 11.6. The van der Waals surface area contributed by atoms with Crippen LogP contribution in [0.1, 0.15) is 25.8 Å². The predicted octanol–water partition coefficient (Wildman–Crippen LogP) is 2.67. The molecule has 1 aromatic carbocycles. The molecule has 16 heavy (non-hydrogen) atoms. The number of esters is 1. The van der Waals surface area contributed by atoms with Crippen molar-refractivity contribution in [1.29, 1.82) is 0 Å². The molecule has 0 bridgehead atoms. The van der Waals surface area contributed by atoms with Gasteiger partial charge in [0.05, 0.1) is 0 Å². The van der Waals surface area contributed by atoms with Gasteiger partial charge in [-0.1, -0.05) is 25.1 Å². The zero-order valence-corrected chi connectivity index (χ0v) is 9.36. The Bertz CT molecular complexity index is 472. The Morgan fingerprint density at radius 3 is 2.62 bits per heavy atom. The summed E-state index contributed by atoms with van der Waals surface area (Å²) in [7, 11) is 0. The first-order chi connectivity index (χ1) is 7.72. The van der Waals surface area contributed by atoms with Crippen LogP contribution >= 0.6 is 0 Å². The van der Waals surface area contributed by atoms with Crippen molar-refractivity contribution in [1.82, 2.24) is 0 Å². The molecule has 3 heteroatoms. The smallest absolute Gasteiger partial charge is 0.363 e. The highest BCUT2D eigenvalue weighted by Gasteiger charge is 2.25. The molecule has 1 aliphatic rings. The molecule has 0 atom stereocenters. The molecule has 0 saturated heterocycles. The maximum Gasteiger partial charge on any atom is 0.363 e. The summed E-state index contributed by atoms with van der Waals surface area (Å²) in [6.45, 7) is 3.89. The van der Waals surface area contributed by atoms with E-state index in [-0.39, 0.29) is 5.97 Å². The van der Waals surface area contributed by atoms with Gasteiger partial charge in [-0.15, -0.1) is 0 Å². The van der Waals surface area contributed by atoms with Gasteiger partial charge in [0.1, 0.15) is 0 Å². The van der Waals surface area contributed by atoms with Crippen LogP contribution < -0.4 is 0 Å². The van der Waals surface area contributed by atoms with Gasteiger partial charge >= 0.3 is 5.97 Å². The average Bonchev–Trinajstić information content (AvgIpc) is 2.71. The van der Waals surface area contributed by atoms with Crippen molar-refractivity contribution in [3.8, 4) is 0 Å². The summed E-state index contributed by atoms with van der Waals surface area (Å²) in [6, 6.07) is 9.43. The Balaban J connectivity index is 2.38. The van der Waals surface area contributed by atoms with E-state index in [1.165, 1.54) is 0 Å². The van der Waals surface area contributed by atoms with Gasteiger partial charge in [-0.3, -0.25) is 0 Å². The maximum atomic E-state index is 11.6. The first-order valence-corrected chi connectivity index (χ1v) is 5.28. The number of hydrogen-bond acceptors (Lipinski definition) is 3. The molecular weight excluding hydrogens is 202 g/mol. The minimum Gasteiger partial charge on any atom is -0.402 e. The van der Waals surface area contributed by atoms with E-state index in [1.54, 1.807) is 0 Å². The molecule has 82 valence electrons. The van der Waals surface area contributed by atoms with Crippen molar-refractivity contribution in [2.45, 2.75) is 20.3 Å². The number of hydrogen-bond donors (Lipinski definition) is 0. The molecule has 0 saturated carbocycles. The first kappa shape index (κ1) is 10.6. The summed E-state index contributed by atoms with van der Waals surface area (Å²) in [5, 5.41) is 0. The molecule has 0 unspecified atom stereocenters. The predicted molar refractivity (Wildman–Crippen MR) is 62.1 cm³/mol. The fourth-order valence-corrected chi connectivity index (χ4v) is 1.45. The third-order valence-corrected chi connectivity index (χ3v) is 2.55. The molecule has 1 heterocycles. The van der Waals surface area contributed by atoms with E-state index in [0.29, 0.717) is 11.6 Å². The number of benzene rings is 1. The lowest BCUT2D eigenvalue weighted by molar-refractivity contribution is -0.130. The van der Waals surface area contributed by atoms with Crippen molar-refractivity contribution in [3.63, 3.8) is 0 Å². The van der Waals surface area contributed by atoms with E-state index >= 15 is 0 Å². The highest BCUT2D eigenvalue weighted by atomic mass is 16.6. The van der Waals surface area contributed by atoms with Crippen molar-refractivity contribution < 1.29 is 9.53 Å². The lowest BCUT2D eigenvalue weighted by atomic mass is 10.2. The van der Waals surface area contributed by atoms with Gasteiger partial charge < -0.3 is 4.74 Å². The molecule has 0 spiro atoms. The molecule has 3 nitrogen and oxygen atoms in total. The number of cyclic esters (lactones) is 1. The second-order valence-electron chi connectivity index (χ2n) is 3.65. The highest BCUT2D eigenvalue weighted by molar-refractivity contribution is 6.11. The van der Waals surface area contributed by atoms with Crippen LogP contribution in [0.25, 0.3) is 0 Å². The number of nitrogens with zero attached hydrogens (tertiary/aromatic N) is 1. The summed E-state index contributed by atoms with van der Waals surface area (Å²) in [6.07, 6.45) is 0.802.